The maximum absolute atomic E-state index is 11.9. The molecule has 2 N–H and O–H groups in total. The molecule has 0 saturated carbocycles. The Kier molecular flexibility index (Phi) is 5.71. The molecule has 0 radical (unpaired) electrons. The van der Waals surface area contributed by atoms with E-state index in [2.05, 4.69) is 9.71 Å². The molecule has 1 rings (SSSR count). The Morgan fingerprint density at radius 2 is 2.06 bits per heavy atom. The summed E-state index contributed by atoms with van der Waals surface area (Å²) < 4.78 is 26.4. The van der Waals surface area contributed by atoms with Crippen molar-refractivity contribution in [1.29, 1.82) is 0 Å². The lowest BCUT2D eigenvalue weighted by Gasteiger charge is -2.19. The SMILES string of the molecule is CCC(CC)C(O)CNS(=O)(=O)c1cnc(C)s1. The van der Waals surface area contributed by atoms with Gasteiger partial charge >= 0.3 is 0 Å². The zero-order chi connectivity index (χ0) is 13.8. The first kappa shape index (κ1) is 15.6. The lowest BCUT2D eigenvalue weighted by molar-refractivity contribution is 0.107. The van der Waals surface area contributed by atoms with Crippen molar-refractivity contribution in [1.82, 2.24) is 9.71 Å². The van der Waals surface area contributed by atoms with Crippen molar-refractivity contribution in [2.75, 3.05) is 6.54 Å². The van der Waals surface area contributed by atoms with Gasteiger partial charge in [-0.05, 0) is 12.8 Å². The molecule has 0 aliphatic rings. The van der Waals surface area contributed by atoms with E-state index in [4.69, 9.17) is 0 Å². The zero-order valence-corrected chi connectivity index (χ0v) is 12.5. The van der Waals surface area contributed by atoms with Crippen LogP contribution in [0.3, 0.4) is 0 Å². The largest absolute Gasteiger partial charge is 0.391 e. The lowest BCUT2D eigenvalue weighted by atomic mass is 9.97. The molecule has 0 aliphatic carbocycles. The summed E-state index contributed by atoms with van der Waals surface area (Å²) >= 11 is 1.12. The molecule has 0 fully saturated rings. The number of aromatic nitrogens is 1. The van der Waals surface area contributed by atoms with Gasteiger partial charge in [0.15, 0.2) is 4.21 Å². The fourth-order valence-electron chi connectivity index (χ4n) is 1.73. The number of sulfonamides is 1. The minimum atomic E-state index is -3.54. The lowest BCUT2D eigenvalue weighted by Crippen LogP contribution is -2.35. The van der Waals surface area contributed by atoms with Crippen LogP contribution in [0, 0.1) is 12.8 Å². The van der Waals surface area contributed by atoms with Gasteiger partial charge in [-0.25, -0.2) is 18.1 Å². The van der Waals surface area contributed by atoms with Crippen LogP contribution in [0.1, 0.15) is 31.7 Å². The minimum Gasteiger partial charge on any atom is -0.391 e. The van der Waals surface area contributed by atoms with Crippen molar-refractivity contribution in [2.24, 2.45) is 5.92 Å². The van der Waals surface area contributed by atoms with Crippen LogP contribution < -0.4 is 4.72 Å². The molecule has 0 aliphatic heterocycles. The first-order valence-electron chi connectivity index (χ1n) is 6.00. The molecule has 1 atom stereocenters. The molecule has 5 nitrogen and oxygen atoms in total. The smallest absolute Gasteiger partial charge is 0.251 e. The van der Waals surface area contributed by atoms with Crippen LogP contribution in [0.15, 0.2) is 10.4 Å². The zero-order valence-electron chi connectivity index (χ0n) is 10.9. The van der Waals surface area contributed by atoms with E-state index in [1.54, 1.807) is 6.92 Å². The predicted molar refractivity (Wildman–Crippen MR) is 72.1 cm³/mol. The third-order valence-electron chi connectivity index (χ3n) is 2.94. The van der Waals surface area contributed by atoms with Gasteiger partial charge in [0.05, 0.1) is 17.3 Å². The van der Waals surface area contributed by atoms with E-state index in [1.807, 2.05) is 13.8 Å². The molecule has 1 aromatic rings. The molecular weight excluding hydrogens is 272 g/mol. The van der Waals surface area contributed by atoms with Crippen molar-refractivity contribution >= 4 is 21.4 Å². The second kappa shape index (κ2) is 6.60. The van der Waals surface area contributed by atoms with E-state index >= 15 is 0 Å². The van der Waals surface area contributed by atoms with E-state index < -0.39 is 16.1 Å². The number of nitrogens with one attached hydrogen (secondary N) is 1. The number of rotatable bonds is 7. The van der Waals surface area contributed by atoms with Crippen LogP contribution in [-0.2, 0) is 10.0 Å². The molecule has 1 unspecified atom stereocenters. The van der Waals surface area contributed by atoms with E-state index in [0.717, 1.165) is 24.2 Å². The minimum absolute atomic E-state index is 0.0472. The summed E-state index contributed by atoms with van der Waals surface area (Å²) in [6, 6.07) is 0. The van der Waals surface area contributed by atoms with Crippen molar-refractivity contribution in [3.05, 3.63) is 11.2 Å². The first-order chi connectivity index (χ1) is 8.40. The molecule has 7 heteroatoms. The van der Waals surface area contributed by atoms with Gasteiger partial charge in [0.25, 0.3) is 10.0 Å². The van der Waals surface area contributed by atoms with Gasteiger partial charge in [0, 0.05) is 6.54 Å². The number of hydrogen-bond donors (Lipinski definition) is 2. The van der Waals surface area contributed by atoms with Crippen molar-refractivity contribution in [3.63, 3.8) is 0 Å². The van der Waals surface area contributed by atoms with Gasteiger partial charge in [0.1, 0.15) is 0 Å². The van der Waals surface area contributed by atoms with Gasteiger partial charge in [-0.2, -0.15) is 0 Å². The average Bonchev–Trinajstić information content (AvgIpc) is 2.76. The number of aryl methyl sites for hydroxylation is 1. The quantitative estimate of drug-likeness (QED) is 0.798. The molecule has 0 aromatic carbocycles. The van der Waals surface area contributed by atoms with Crippen LogP contribution in [0.2, 0.25) is 0 Å². The van der Waals surface area contributed by atoms with Gasteiger partial charge < -0.3 is 5.11 Å². The molecule has 0 amide bonds. The standard InChI is InChI=1S/C11H20N2O3S2/c1-4-9(5-2)10(14)6-13-18(15,16)11-7-12-8(3)17-11/h7,9-10,13-14H,4-6H2,1-3H3. The molecule has 0 saturated heterocycles. The Labute approximate surface area is 112 Å². The maximum atomic E-state index is 11.9. The second-order valence-corrected chi connectivity index (χ2v) is 7.42. The number of aliphatic hydroxyl groups is 1. The average molecular weight is 292 g/mol. The van der Waals surface area contributed by atoms with E-state index in [0.29, 0.717) is 5.01 Å². The summed E-state index contributed by atoms with van der Waals surface area (Å²) in [5.41, 5.74) is 0. The Morgan fingerprint density at radius 3 is 2.50 bits per heavy atom. The van der Waals surface area contributed by atoms with E-state index in [9.17, 15) is 13.5 Å². The number of aliphatic hydroxyl groups excluding tert-OH is 1. The fraction of sp³-hybridized carbons (Fsp3) is 0.727. The Morgan fingerprint density at radius 1 is 1.44 bits per heavy atom. The Hall–Kier alpha value is -0.500. The third kappa shape index (κ3) is 4.01. The maximum Gasteiger partial charge on any atom is 0.251 e. The van der Waals surface area contributed by atoms with Crippen LogP contribution in [0.5, 0.6) is 0 Å². The highest BCUT2D eigenvalue weighted by Gasteiger charge is 2.21. The summed E-state index contributed by atoms with van der Waals surface area (Å²) in [5, 5.41) is 10.6. The third-order valence-corrected chi connectivity index (χ3v) is 5.74. The molecule has 1 aromatic heterocycles. The highest BCUT2D eigenvalue weighted by molar-refractivity contribution is 7.91. The predicted octanol–water partition coefficient (Wildman–Crippen LogP) is 1.53. The summed E-state index contributed by atoms with van der Waals surface area (Å²) in [7, 11) is -3.54. The molecule has 104 valence electrons. The fourth-order valence-corrected chi connectivity index (χ4v) is 3.94. The molecule has 0 spiro atoms. The Balaban J connectivity index is 2.62. The van der Waals surface area contributed by atoms with Gasteiger partial charge in [-0.15, -0.1) is 11.3 Å². The Bertz CT molecular complexity index is 466. The highest BCUT2D eigenvalue weighted by atomic mass is 32.2. The van der Waals surface area contributed by atoms with Gasteiger partial charge in [-0.3, -0.25) is 0 Å². The summed E-state index contributed by atoms with van der Waals surface area (Å²) in [4.78, 5) is 3.91. The summed E-state index contributed by atoms with van der Waals surface area (Å²) in [6.45, 7) is 5.77. The molecular formula is C11H20N2O3S2. The van der Waals surface area contributed by atoms with Crippen molar-refractivity contribution in [2.45, 2.75) is 43.9 Å². The topological polar surface area (TPSA) is 79.3 Å². The molecule has 18 heavy (non-hydrogen) atoms. The first-order valence-corrected chi connectivity index (χ1v) is 8.30. The van der Waals surface area contributed by atoms with E-state index in [-0.39, 0.29) is 16.7 Å². The van der Waals surface area contributed by atoms with Crippen molar-refractivity contribution < 1.29 is 13.5 Å². The number of nitrogens with zero attached hydrogens (tertiary/aromatic N) is 1. The summed E-state index contributed by atoms with van der Waals surface area (Å²) in [6.07, 6.45) is 2.35. The normalized spacial score (nSPS) is 14.1. The highest BCUT2D eigenvalue weighted by Crippen LogP contribution is 2.18. The van der Waals surface area contributed by atoms with Crippen LogP contribution in [-0.4, -0.2) is 31.2 Å². The molecule has 0 bridgehead atoms. The van der Waals surface area contributed by atoms with Gasteiger partial charge in [-0.1, -0.05) is 26.7 Å². The number of hydrogen-bond acceptors (Lipinski definition) is 5. The van der Waals surface area contributed by atoms with Gasteiger partial charge in [0.2, 0.25) is 0 Å². The summed E-state index contributed by atoms with van der Waals surface area (Å²) in [5.74, 6) is 0.121. The van der Waals surface area contributed by atoms with Crippen LogP contribution in [0.4, 0.5) is 0 Å². The van der Waals surface area contributed by atoms with Crippen LogP contribution in [0.25, 0.3) is 0 Å². The monoisotopic (exact) mass is 292 g/mol. The van der Waals surface area contributed by atoms with Crippen LogP contribution >= 0.6 is 11.3 Å². The van der Waals surface area contributed by atoms with Crippen molar-refractivity contribution in [3.8, 4) is 0 Å². The van der Waals surface area contributed by atoms with E-state index in [1.165, 1.54) is 6.20 Å². The molecule has 1 heterocycles. The number of thiazole rings is 1. The second-order valence-electron chi connectivity index (χ2n) is 4.19.